The van der Waals surface area contributed by atoms with Crippen molar-refractivity contribution in [3.8, 4) is 0 Å². The number of Topliss-reactive ketones (excluding diaryl/α,β-unsaturated/α-hetero) is 2. The van der Waals surface area contributed by atoms with Gasteiger partial charge in [-0.15, -0.1) is 0 Å². The van der Waals surface area contributed by atoms with Crippen molar-refractivity contribution in [3.63, 3.8) is 0 Å². The van der Waals surface area contributed by atoms with Crippen LogP contribution in [0.3, 0.4) is 0 Å². The van der Waals surface area contributed by atoms with Crippen LogP contribution in [0, 0.1) is 19.3 Å². The molecule has 3 rings (SSSR count). The van der Waals surface area contributed by atoms with Gasteiger partial charge in [-0.3, -0.25) is 9.59 Å². The van der Waals surface area contributed by atoms with E-state index in [0.717, 1.165) is 42.4 Å². The third-order valence-corrected chi connectivity index (χ3v) is 5.81. The van der Waals surface area contributed by atoms with Crippen LogP contribution in [0.5, 0.6) is 0 Å². The van der Waals surface area contributed by atoms with Crippen molar-refractivity contribution in [1.82, 2.24) is 0 Å². The van der Waals surface area contributed by atoms with Gasteiger partial charge in [0.1, 0.15) is 17.5 Å². The number of aryl methyl sites for hydroxylation is 2. The zero-order valence-electron chi connectivity index (χ0n) is 14.4. The Balaban J connectivity index is 1.82. The number of hydrogen-bond donors (Lipinski definition) is 0. The van der Waals surface area contributed by atoms with Gasteiger partial charge < -0.3 is 4.74 Å². The normalized spacial score (nSPS) is 31.6. The summed E-state index contributed by atoms with van der Waals surface area (Å²) in [6, 6.07) is 6.05. The van der Waals surface area contributed by atoms with E-state index >= 15 is 0 Å². The Hall–Kier alpha value is -1.48. The smallest absolute Gasteiger partial charge is 0.148 e. The van der Waals surface area contributed by atoms with Crippen molar-refractivity contribution < 1.29 is 14.3 Å². The fraction of sp³-hybridized carbons (Fsp3) is 0.600. The lowest BCUT2D eigenvalue weighted by molar-refractivity contribution is -0.138. The molecule has 0 aliphatic heterocycles. The Bertz CT molecular complexity index is 604. The molecule has 0 atom stereocenters. The molecule has 1 aromatic carbocycles. The summed E-state index contributed by atoms with van der Waals surface area (Å²) >= 11 is 0. The molecule has 1 spiro atoms. The highest BCUT2D eigenvalue weighted by Crippen LogP contribution is 2.48. The molecular formula is C20H26O3. The topological polar surface area (TPSA) is 43.4 Å². The second kappa shape index (κ2) is 6.20. The number of hydrogen-bond acceptors (Lipinski definition) is 3. The van der Waals surface area contributed by atoms with Crippen LogP contribution in [-0.4, -0.2) is 24.8 Å². The molecule has 2 fully saturated rings. The van der Waals surface area contributed by atoms with Gasteiger partial charge in [0.25, 0.3) is 0 Å². The maximum atomic E-state index is 12.8. The Kier molecular flexibility index (Phi) is 4.41. The van der Waals surface area contributed by atoms with Crippen molar-refractivity contribution in [2.75, 3.05) is 7.11 Å². The number of carbonyl (C=O) groups is 2. The van der Waals surface area contributed by atoms with Gasteiger partial charge in [-0.25, -0.2) is 0 Å². The van der Waals surface area contributed by atoms with Gasteiger partial charge in [0.05, 0.1) is 6.10 Å². The highest BCUT2D eigenvalue weighted by molar-refractivity contribution is 6.10. The third-order valence-electron chi connectivity index (χ3n) is 5.81. The molecule has 0 bridgehead atoms. The van der Waals surface area contributed by atoms with Crippen LogP contribution in [0.4, 0.5) is 0 Å². The monoisotopic (exact) mass is 314 g/mol. The number of ether oxygens (including phenoxy) is 1. The molecule has 0 heterocycles. The second-order valence-corrected chi connectivity index (χ2v) is 7.51. The molecule has 2 aliphatic carbocycles. The van der Waals surface area contributed by atoms with E-state index in [1.165, 1.54) is 0 Å². The van der Waals surface area contributed by atoms with E-state index < -0.39 is 5.92 Å². The zero-order valence-corrected chi connectivity index (χ0v) is 14.4. The first kappa shape index (κ1) is 16.4. The molecule has 0 aromatic heterocycles. The van der Waals surface area contributed by atoms with Gasteiger partial charge >= 0.3 is 0 Å². The van der Waals surface area contributed by atoms with Crippen LogP contribution in [-0.2, 0) is 14.3 Å². The summed E-state index contributed by atoms with van der Waals surface area (Å²) in [7, 11) is 1.75. The first-order chi connectivity index (χ1) is 10.9. The van der Waals surface area contributed by atoms with Gasteiger partial charge in [-0.2, -0.15) is 0 Å². The maximum Gasteiger partial charge on any atom is 0.148 e. The number of benzene rings is 1. The Morgan fingerprint density at radius 1 is 1.04 bits per heavy atom. The SMILES string of the molecule is COC1CCC2(CC1)CC(=O)C(c1cc(C)ccc1C)C(=O)C2. The summed E-state index contributed by atoms with van der Waals surface area (Å²) in [6.07, 6.45) is 5.18. The van der Waals surface area contributed by atoms with Crippen LogP contribution in [0.25, 0.3) is 0 Å². The minimum Gasteiger partial charge on any atom is -0.381 e. The van der Waals surface area contributed by atoms with E-state index in [-0.39, 0.29) is 17.0 Å². The van der Waals surface area contributed by atoms with Crippen molar-refractivity contribution in [3.05, 3.63) is 34.9 Å². The molecule has 0 amide bonds. The van der Waals surface area contributed by atoms with Gasteiger partial charge in [-0.1, -0.05) is 23.8 Å². The van der Waals surface area contributed by atoms with E-state index in [2.05, 4.69) is 0 Å². The predicted molar refractivity (Wildman–Crippen MR) is 89.6 cm³/mol. The first-order valence-corrected chi connectivity index (χ1v) is 8.59. The minimum absolute atomic E-state index is 0.0998. The zero-order chi connectivity index (χ0) is 16.6. The standard InChI is InChI=1S/C20H26O3/c1-13-4-5-14(2)16(10-13)19-17(21)11-20(12-18(19)22)8-6-15(23-3)7-9-20/h4-5,10,15,19H,6-9,11-12H2,1-3H3. The van der Waals surface area contributed by atoms with Crippen molar-refractivity contribution in [1.29, 1.82) is 0 Å². The molecule has 1 aromatic rings. The van der Waals surface area contributed by atoms with E-state index in [0.29, 0.717) is 18.9 Å². The molecule has 3 nitrogen and oxygen atoms in total. The number of carbonyl (C=O) groups excluding carboxylic acids is 2. The molecule has 0 N–H and O–H groups in total. The molecule has 0 unspecified atom stereocenters. The summed E-state index contributed by atoms with van der Waals surface area (Å²) in [5.74, 6) is -0.308. The average molecular weight is 314 g/mol. The predicted octanol–water partition coefficient (Wildman–Crippen LogP) is 3.89. The number of ketones is 2. The van der Waals surface area contributed by atoms with Crippen molar-refractivity contribution in [2.24, 2.45) is 5.41 Å². The van der Waals surface area contributed by atoms with Crippen molar-refractivity contribution in [2.45, 2.75) is 64.4 Å². The second-order valence-electron chi connectivity index (χ2n) is 7.51. The van der Waals surface area contributed by atoms with E-state index in [1.54, 1.807) is 7.11 Å². The van der Waals surface area contributed by atoms with E-state index in [1.807, 2.05) is 32.0 Å². The van der Waals surface area contributed by atoms with Gasteiger partial charge in [-0.05, 0) is 56.1 Å². The van der Waals surface area contributed by atoms with Crippen LogP contribution in [0.2, 0.25) is 0 Å². The molecule has 23 heavy (non-hydrogen) atoms. The molecule has 2 saturated carbocycles. The van der Waals surface area contributed by atoms with Crippen LogP contribution in [0.15, 0.2) is 18.2 Å². The van der Waals surface area contributed by atoms with Gasteiger partial charge in [0, 0.05) is 20.0 Å². The molecule has 3 heteroatoms. The maximum absolute atomic E-state index is 12.8. The molecule has 0 saturated heterocycles. The highest BCUT2D eigenvalue weighted by atomic mass is 16.5. The van der Waals surface area contributed by atoms with Gasteiger partial charge in [0.15, 0.2) is 0 Å². The summed E-state index contributed by atoms with van der Waals surface area (Å²) < 4.78 is 5.43. The lowest BCUT2D eigenvalue weighted by Crippen LogP contribution is -2.42. The summed E-state index contributed by atoms with van der Waals surface area (Å²) in [5.41, 5.74) is 2.96. The molecule has 124 valence electrons. The fourth-order valence-electron chi connectivity index (χ4n) is 4.40. The minimum atomic E-state index is -0.541. The van der Waals surface area contributed by atoms with E-state index in [9.17, 15) is 9.59 Å². The summed E-state index contributed by atoms with van der Waals surface area (Å²) in [5, 5.41) is 0. The Labute approximate surface area is 138 Å². The Morgan fingerprint density at radius 2 is 1.65 bits per heavy atom. The van der Waals surface area contributed by atoms with E-state index in [4.69, 9.17) is 4.74 Å². The lowest BCUT2D eigenvalue weighted by Gasteiger charge is -2.43. The number of methoxy groups -OCH3 is 1. The lowest BCUT2D eigenvalue weighted by atomic mass is 9.61. The molecule has 0 radical (unpaired) electrons. The third kappa shape index (κ3) is 3.12. The highest BCUT2D eigenvalue weighted by Gasteiger charge is 2.47. The fourth-order valence-corrected chi connectivity index (χ4v) is 4.40. The number of rotatable bonds is 2. The van der Waals surface area contributed by atoms with Crippen LogP contribution >= 0.6 is 0 Å². The molecular weight excluding hydrogens is 288 g/mol. The van der Waals surface area contributed by atoms with Gasteiger partial charge in [0.2, 0.25) is 0 Å². The van der Waals surface area contributed by atoms with Crippen molar-refractivity contribution >= 4 is 11.6 Å². The van der Waals surface area contributed by atoms with Crippen LogP contribution in [0.1, 0.15) is 61.1 Å². The Morgan fingerprint density at radius 3 is 2.22 bits per heavy atom. The largest absolute Gasteiger partial charge is 0.381 e. The first-order valence-electron chi connectivity index (χ1n) is 8.59. The summed E-state index contributed by atoms with van der Waals surface area (Å²) in [4.78, 5) is 25.7. The quantitative estimate of drug-likeness (QED) is 0.778. The van der Waals surface area contributed by atoms with Crippen LogP contribution < -0.4 is 0 Å². The average Bonchev–Trinajstić information content (AvgIpc) is 2.51. The summed E-state index contributed by atoms with van der Waals surface area (Å²) in [6.45, 7) is 4.00. The molecule has 2 aliphatic rings.